The molecule has 1 aromatic heterocycles. The molecule has 0 spiro atoms. The first-order valence-electron chi connectivity index (χ1n) is 5.43. The first-order valence-corrected chi connectivity index (χ1v) is 5.43. The van der Waals surface area contributed by atoms with Gasteiger partial charge in [-0.1, -0.05) is 0 Å². The van der Waals surface area contributed by atoms with Gasteiger partial charge in [-0.15, -0.1) is 0 Å². The van der Waals surface area contributed by atoms with Crippen LogP contribution < -0.4 is 0 Å². The fourth-order valence-corrected chi connectivity index (χ4v) is 1.75. The fraction of sp³-hybridized carbons (Fsp3) is 0.636. The lowest BCUT2D eigenvalue weighted by Gasteiger charge is -2.04. The van der Waals surface area contributed by atoms with Crippen molar-refractivity contribution in [3.8, 4) is 0 Å². The predicted molar refractivity (Wildman–Crippen MR) is 55.9 cm³/mol. The molecule has 4 heteroatoms. The Morgan fingerprint density at radius 1 is 1.73 bits per heavy atom. The number of carbonyl (C=O) groups is 1. The first-order chi connectivity index (χ1) is 7.13. The number of hydrogen-bond acceptors (Lipinski definition) is 2. The molecular weight excluding hydrogens is 192 g/mol. The van der Waals surface area contributed by atoms with Crippen molar-refractivity contribution in [3.05, 3.63) is 17.5 Å². The zero-order valence-corrected chi connectivity index (χ0v) is 9.10. The highest BCUT2D eigenvalue weighted by Crippen LogP contribution is 2.42. The number of carboxylic acids is 1. The predicted octanol–water partition coefficient (Wildman–Crippen LogP) is 1.97. The zero-order chi connectivity index (χ0) is 11.0. The minimum absolute atomic E-state index is 0.444. The van der Waals surface area contributed by atoms with Crippen molar-refractivity contribution in [1.29, 1.82) is 0 Å². The van der Waals surface area contributed by atoms with Crippen LogP contribution >= 0.6 is 0 Å². The van der Waals surface area contributed by atoms with Gasteiger partial charge in [0.05, 0.1) is 11.6 Å². The van der Waals surface area contributed by atoms with Gasteiger partial charge in [0.25, 0.3) is 0 Å². The molecule has 1 aromatic rings. The molecule has 0 aromatic carbocycles. The Morgan fingerprint density at radius 3 is 2.87 bits per heavy atom. The van der Waals surface area contributed by atoms with Crippen LogP contribution in [0.1, 0.15) is 49.8 Å². The maximum Gasteiger partial charge on any atom is 0.310 e. The summed E-state index contributed by atoms with van der Waals surface area (Å²) < 4.78 is 1.84. The molecule has 15 heavy (non-hydrogen) atoms. The van der Waals surface area contributed by atoms with E-state index in [1.54, 1.807) is 6.92 Å². The Morgan fingerprint density at radius 2 is 2.40 bits per heavy atom. The van der Waals surface area contributed by atoms with E-state index in [9.17, 15) is 4.79 Å². The van der Waals surface area contributed by atoms with Crippen molar-refractivity contribution in [2.24, 2.45) is 0 Å². The maximum absolute atomic E-state index is 11.0. The van der Waals surface area contributed by atoms with E-state index < -0.39 is 11.9 Å². The second-order valence-electron chi connectivity index (χ2n) is 4.16. The summed E-state index contributed by atoms with van der Waals surface area (Å²) in [4.78, 5) is 11.0. The quantitative estimate of drug-likeness (QED) is 0.823. The average Bonchev–Trinajstić information content (AvgIpc) is 2.97. The normalized spacial score (nSPS) is 17.7. The number of rotatable bonds is 4. The summed E-state index contributed by atoms with van der Waals surface area (Å²) in [5.74, 6) is -0.706. The van der Waals surface area contributed by atoms with Gasteiger partial charge < -0.3 is 5.11 Å². The minimum Gasteiger partial charge on any atom is -0.481 e. The minimum atomic E-state index is -0.771. The van der Waals surface area contributed by atoms with Crippen molar-refractivity contribution in [2.75, 3.05) is 0 Å². The van der Waals surface area contributed by atoms with Crippen molar-refractivity contribution >= 4 is 5.97 Å². The van der Waals surface area contributed by atoms with Crippen LogP contribution in [-0.4, -0.2) is 20.9 Å². The van der Waals surface area contributed by atoms with E-state index in [2.05, 4.69) is 5.10 Å². The van der Waals surface area contributed by atoms with Crippen LogP contribution in [-0.2, 0) is 11.3 Å². The molecule has 1 aliphatic rings. The summed E-state index contributed by atoms with van der Waals surface area (Å²) in [5, 5.41) is 13.5. The van der Waals surface area contributed by atoms with Crippen LogP contribution in [0.4, 0.5) is 0 Å². The lowest BCUT2D eigenvalue weighted by Crippen LogP contribution is -2.08. The molecule has 0 bridgehead atoms. The van der Waals surface area contributed by atoms with Gasteiger partial charge in [-0.3, -0.25) is 9.48 Å². The highest BCUT2D eigenvalue weighted by atomic mass is 16.4. The zero-order valence-electron chi connectivity index (χ0n) is 9.10. The Hall–Kier alpha value is -1.32. The Balaban J connectivity index is 2.34. The molecule has 0 amide bonds. The fourth-order valence-electron chi connectivity index (χ4n) is 1.75. The molecule has 2 rings (SSSR count). The van der Waals surface area contributed by atoms with Gasteiger partial charge >= 0.3 is 5.97 Å². The Bertz CT molecular complexity index is 380. The molecule has 1 unspecified atom stereocenters. The van der Waals surface area contributed by atoms with Crippen LogP contribution in [0.3, 0.4) is 0 Å². The summed E-state index contributed by atoms with van der Waals surface area (Å²) in [6, 6.07) is 0. The van der Waals surface area contributed by atoms with E-state index >= 15 is 0 Å². The third-order valence-corrected chi connectivity index (χ3v) is 2.95. The molecule has 4 nitrogen and oxygen atoms in total. The molecule has 1 heterocycles. The van der Waals surface area contributed by atoms with E-state index in [1.165, 1.54) is 0 Å². The number of nitrogens with zero attached hydrogens (tertiary/aromatic N) is 2. The number of aliphatic carboxylic acids is 1. The molecule has 0 aliphatic heterocycles. The van der Waals surface area contributed by atoms with Crippen LogP contribution in [0.5, 0.6) is 0 Å². The average molecular weight is 208 g/mol. The topological polar surface area (TPSA) is 55.1 Å². The maximum atomic E-state index is 11.0. The molecule has 1 fully saturated rings. The first kappa shape index (κ1) is 10.2. The van der Waals surface area contributed by atoms with E-state index in [-0.39, 0.29) is 0 Å². The number of aromatic nitrogens is 2. The van der Waals surface area contributed by atoms with Gasteiger partial charge in [0.1, 0.15) is 0 Å². The van der Waals surface area contributed by atoms with Crippen molar-refractivity contribution in [2.45, 2.75) is 45.1 Å². The largest absolute Gasteiger partial charge is 0.481 e. The molecule has 1 atom stereocenters. The van der Waals surface area contributed by atoms with E-state index in [0.717, 1.165) is 30.6 Å². The second kappa shape index (κ2) is 3.68. The third kappa shape index (κ3) is 1.89. The molecule has 0 saturated heterocycles. The molecule has 1 saturated carbocycles. The van der Waals surface area contributed by atoms with Crippen molar-refractivity contribution in [3.63, 3.8) is 0 Å². The smallest absolute Gasteiger partial charge is 0.310 e. The Kier molecular flexibility index (Phi) is 2.50. The number of carboxylic acid groups (broad SMARTS) is 1. The van der Waals surface area contributed by atoms with Crippen LogP contribution in [0.25, 0.3) is 0 Å². The molecule has 82 valence electrons. The van der Waals surface area contributed by atoms with Gasteiger partial charge in [-0.2, -0.15) is 5.10 Å². The standard InChI is InChI=1S/C11H16N2O2/c1-3-13-6-9(7(2)11(14)15)10(12-13)8-4-5-8/h6-8H,3-5H2,1-2H3,(H,14,15). The van der Waals surface area contributed by atoms with Crippen molar-refractivity contribution in [1.82, 2.24) is 9.78 Å². The number of hydrogen-bond donors (Lipinski definition) is 1. The van der Waals surface area contributed by atoms with Gasteiger partial charge in [-0.25, -0.2) is 0 Å². The summed E-state index contributed by atoms with van der Waals surface area (Å²) in [6.45, 7) is 4.54. The van der Waals surface area contributed by atoms with Gasteiger partial charge in [0, 0.05) is 24.2 Å². The summed E-state index contributed by atoms with van der Waals surface area (Å²) in [7, 11) is 0. The van der Waals surface area contributed by atoms with Gasteiger partial charge in [0.15, 0.2) is 0 Å². The molecule has 0 radical (unpaired) electrons. The highest BCUT2D eigenvalue weighted by molar-refractivity contribution is 5.75. The lowest BCUT2D eigenvalue weighted by atomic mass is 10.0. The van der Waals surface area contributed by atoms with E-state index in [1.807, 2.05) is 17.8 Å². The second-order valence-corrected chi connectivity index (χ2v) is 4.16. The van der Waals surface area contributed by atoms with E-state index in [0.29, 0.717) is 5.92 Å². The lowest BCUT2D eigenvalue weighted by molar-refractivity contribution is -0.138. The number of aryl methyl sites for hydroxylation is 1. The van der Waals surface area contributed by atoms with Crippen LogP contribution in [0.15, 0.2) is 6.20 Å². The van der Waals surface area contributed by atoms with E-state index in [4.69, 9.17) is 5.11 Å². The van der Waals surface area contributed by atoms with Crippen molar-refractivity contribution < 1.29 is 9.90 Å². The molecule has 1 N–H and O–H groups in total. The summed E-state index contributed by atoms with van der Waals surface area (Å²) in [5.41, 5.74) is 1.90. The van der Waals surface area contributed by atoms with Gasteiger partial charge in [-0.05, 0) is 26.7 Å². The third-order valence-electron chi connectivity index (χ3n) is 2.95. The monoisotopic (exact) mass is 208 g/mol. The van der Waals surface area contributed by atoms with Gasteiger partial charge in [0.2, 0.25) is 0 Å². The van der Waals surface area contributed by atoms with Crippen LogP contribution in [0.2, 0.25) is 0 Å². The summed E-state index contributed by atoms with van der Waals surface area (Å²) >= 11 is 0. The highest BCUT2D eigenvalue weighted by Gasteiger charge is 2.32. The molecule has 1 aliphatic carbocycles. The molecular formula is C11H16N2O2. The van der Waals surface area contributed by atoms with Crippen LogP contribution in [0, 0.1) is 0 Å². The Labute approximate surface area is 88.9 Å². The SMILES string of the molecule is CCn1cc(C(C)C(=O)O)c(C2CC2)n1. The summed E-state index contributed by atoms with van der Waals surface area (Å²) in [6.07, 6.45) is 4.19.